The lowest BCUT2D eigenvalue weighted by Crippen LogP contribution is -2.11. The van der Waals surface area contributed by atoms with Crippen LogP contribution in [0.25, 0.3) is 39.6 Å². The summed E-state index contributed by atoms with van der Waals surface area (Å²) in [6, 6.07) is 14.1. The van der Waals surface area contributed by atoms with Crippen LogP contribution in [0, 0.1) is 0 Å². The van der Waals surface area contributed by atoms with Gasteiger partial charge in [0, 0.05) is 10.9 Å². The molecule has 0 amide bonds. The first-order valence-electron chi connectivity index (χ1n) is 9.23. The highest BCUT2D eigenvalue weighted by Crippen LogP contribution is 2.39. The number of benzene rings is 2. The monoisotopic (exact) mass is 377 g/mol. The molecular formula is C21H16ClN3O2. The molecule has 0 N–H and O–H groups in total. The van der Waals surface area contributed by atoms with Crippen LogP contribution in [-0.4, -0.2) is 20.8 Å². The molecule has 2 aliphatic carbocycles. The Morgan fingerprint density at radius 2 is 1.89 bits per heavy atom. The van der Waals surface area contributed by atoms with Gasteiger partial charge in [0.2, 0.25) is 0 Å². The van der Waals surface area contributed by atoms with E-state index in [0.717, 1.165) is 35.4 Å². The zero-order valence-corrected chi connectivity index (χ0v) is 15.2. The van der Waals surface area contributed by atoms with Crippen molar-refractivity contribution in [3.63, 3.8) is 0 Å². The van der Waals surface area contributed by atoms with E-state index in [2.05, 4.69) is 34.4 Å². The van der Waals surface area contributed by atoms with Crippen molar-refractivity contribution in [1.82, 2.24) is 14.7 Å². The van der Waals surface area contributed by atoms with Crippen LogP contribution in [0.1, 0.15) is 25.7 Å². The quantitative estimate of drug-likeness (QED) is 0.407. The fourth-order valence-corrected chi connectivity index (χ4v) is 4.37. The van der Waals surface area contributed by atoms with Crippen LogP contribution >= 0.6 is 11.6 Å². The molecule has 1 fully saturated rings. The third-order valence-electron chi connectivity index (χ3n) is 5.49. The second kappa shape index (κ2) is 5.60. The van der Waals surface area contributed by atoms with Gasteiger partial charge in [0.05, 0.1) is 22.3 Å². The van der Waals surface area contributed by atoms with E-state index in [1.807, 2.05) is 22.8 Å². The Morgan fingerprint density at radius 3 is 2.67 bits per heavy atom. The maximum absolute atomic E-state index is 6.44. The van der Waals surface area contributed by atoms with Crippen LogP contribution in [-0.2, 0) is 0 Å². The number of pyridine rings is 2. The van der Waals surface area contributed by atoms with Gasteiger partial charge in [-0.05, 0) is 72.8 Å². The van der Waals surface area contributed by atoms with Gasteiger partial charge in [-0.25, -0.2) is 0 Å². The van der Waals surface area contributed by atoms with Gasteiger partial charge >= 0.3 is 0 Å². The molecule has 0 unspecified atom stereocenters. The van der Waals surface area contributed by atoms with Crippen LogP contribution in [0.4, 0.5) is 0 Å². The molecule has 7 rings (SSSR count). The molecule has 0 spiro atoms. The van der Waals surface area contributed by atoms with Crippen molar-refractivity contribution in [2.45, 2.75) is 31.8 Å². The molecule has 0 radical (unpaired) electrons. The van der Waals surface area contributed by atoms with Gasteiger partial charge in [0.25, 0.3) is 11.8 Å². The summed E-state index contributed by atoms with van der Waals surface area (Å²) in [7, 11) is 0. The Hall–Kier alpha value is -2.79. The molecule has 6 heteroatoms. The van der Waals surface area contributed by atoms with Crippen LogP contribution < -0.4 is 4.74 Å². The van der Waals surface area contributed by atoms with Crippen LogP contribution in [0.15, 0.2) is 47.0 Å². The summed E-state index contributed by atoms with van der Waals surface area (Å²) in [6.07, 6.45) is 4.92. The van der Waals surface area contributed by atoms with Crippen molar-refractivity contribution in [1.29, 1.82) is 0 Å². The Kier molecular flexibility index (Phi) is 3.17. The Labute approximate surface area is 160 Å². The molecule has 134 valence electrons. The minimum absolute atomic E-state index is 0.273. The summed E-state index contributed by atoms with van der Waals surface area (Å²) in [5, 5.41) is 5.94. The second-order valence-electron chi connectivity index (χ2n) is 7.21. The van der Waals surface area contributed by atoms with Crippen molar-refractivity contribution < 1.29 is 9.26 Å². The van der Waals surface area contributed by atoms with Gasteiger partial charge in [-0.2, -0.15) is 4.98 Å². The summed E-state index contributed by atoms with van der Waals surface area (Å²) >= 11 is 6.44. The molecule has 4 bridgehead atoms. The zero-order valence-electron chi connectivity index (χ0n) is 14.5. The molecule has 2 aromatic heterocycles. The summed E-state index contributed by atoms with van der Waals surface area (Å²) < 4.78 is 13.6. The van der Waals surface area contributed by atoms with E-state index in [9.17, 15) is 0 Å². The molecule has 2 aromatic carbocycles. The van der Waals surface area contributed by atoms with E-state index in [0.29, 0.717) is 16.9 Å². The topological polar surface area (TPSA) is 53.1 Å². The predicted molar refractivity (Wildman–Crippen MR) is 103 cm³/mol. The van der Waals surface area contributed by atoms with Crippen LogP contribution in [0.3, 0.4) is 0 Å². The number of hydrogen-bond donors (Lipinski definition) is 0. The van der Waals surface area contributed by atoms with Crippen LogP contribution in [0.5, 0.6) is 5.75 Å². The maximum atomic E-state index is 6.44. The summed E-state index contributed by atoms with van der Waals surface area (Å²) in [5.74, 6) is 1.70. The minimum atomic E-state index is 0.273. The van der Waals surface area contributed by atoms with Crippen molar-refractivity contribution >= 4 is 22.5 Å². The lowest BCUT2D eigenvalue weighted by molar-refractivity contribution is 0.210. The molecule has 1 aliphatic heterocycles. The number of rotatable bonds is 4. The predicted octanol–water partition coefficient (Wildman–Crippen LogP) is 5.64. The van der Waals surface area contributed by atoms with Gasteiger partial charge in [-0.15, -0.1) is 0 Å². The van der Waals surface area contributed by atoms with E-state index >= 15 is 0 Å². The van der Waals surface area contributed by atoms with Crippen molar-refractivity contribution in [3.05, 3.63) is 47.5 Å². The second-order valence-corrected chi connectivity index (χ2v) is 7.61. The summed E-state index contributed by atoms with van der Waals surface area (Å²) in [6.45, 7) is 0. The van der Waals surface area contributed by atoms with Gasteiger partial charge in [-0.3, -0.25) is 4.57 Å². The van der Waals surface area contributed by atoms with E-state index in [-0.39, 0.29) is 6.10 Å². The SMILES string of the molecule is Clc1cc(-c2nc(-n3c4cc5cc-4ccc53)no2)ccc1OC1CCCC1. The Bertz CT molecular complexity index is 1190. The normalized spacial score (nSPS) is 15.6. The highest BCUT2D eigenvalue weighted by atomic mass is 35.5. The smallest absolute Gasteiger partial charge is 0.275 e. The molecule has 1 saturated carbocycles. The fraction of sp³-hybridized carbons (Fsp3) is 0.238. The number of hydrogen-bond acceptors (Lipinski definition) is 4. The molecule has 3 heterocycles. The molecule has 0 saturated heterocycles. The summed E-state index contributed by atoms with van der Waals surface area (Å²) in [4.78, 5) is 4.59. The van der Waals surface area contributed by atoms with Gasteiger partial charge in [-0.1, -0.05) is 17.7 Å². The number of halogens is 1. The Morgan fingerprint density at radius 1 is 1.04 bits per heavy atom. The minimum Gasteiger partial charge on any atom is -0.489 e. The molecule has 3 aliphatic rings. The lowest BCUT2D eigenvalue weighted by Gasteiger charge is -2.14. The first kappa shape index (κ1) is 15.3. The first-order valence-corrected chi connectivity index (χ1v) is 9.61. The highest BCUT2D eigenvalue weighted by molar-refractivity contribution is 6.32. The number of ether oxygens (including phenoxy) is 1. The Balaban J connectivity index is 1.32. The number of nitrogens with zero attached hydrogens (tertiary/aromatic N) is 3. The standard InChI is InChI=1S/C21H16ClN3O2/c22-16-10-13(6-8-19(16)26-15-3-1-2-4-15)20-23-21(24-27-20)25-17-7-5-12-9-14(17)11-18(12)25/h5-11,15H,1-4H2. The van der Waals surface area contributed by atoms with Crippen molar-refractivity contribution in [2.24, 2.45) is 0 Å². The zero-order chi connectivity index (χ0) is 18.0. The van der Waals surface area contributed by atoms with E-state index in [4.69, 9.17) is 20.9 Å². The van der Waals surface area contributed by atoms with E-state index in [1.54, 1.807) is 0 Å². The summed E-state index contributed by atoms with van der Waals surface area (Å²) in [5.41, 5.74) is 4.16. The molecular weight excluding hydrogens is 362 g/mol. The van der Waals surface area contributed by atoms with Gasteiger partial charge in [0.1, 0.15) is 5.75 Å². The third kappa shape index (κ3) is 2.31. The first-order chi connectivity index (χ1) is 13.3. The van der Waals surface area contributed by atoms with Crippen molar-refractivity contribution in [2.75, 3.05) is 0 Å². The van der Waals surface area contributed by atoms with E-state index in [1.165, 1.54) is 23.8 Å². The third-order valence-corrected chi connectivity index (χ3v) is 5.78. The molecule has 27 heavy (non-hydrogen) atoms. The molecule has 0 atom stereocenters. The number of fused-ring (bicyclic) bond motifs is 1. The fourth-order valence-electron chi connectivity index (χ4n) is 4.14. The largest absolute Gasteiger partial charge is 0.489 e. The lowest BCUT2D eigenvalue weighted by atomic mass is 10.2. The number of aromatic nitrogens is 3. The highest BCUT2D eigenvalue weighted by Gasteiger charge is 2.23. The maximum Gasteiger partial charge on any atom is 0.275 e. The average molecular weight is 378 g/mol. The van der Waals surface area contributed by atoms with Crippen LogP contribution in [0.2, 0.25) is 5.02 Å². The van der Waals surface area contributed by atoms with E-state index < -0.39 is 0 Å². The van der Waals surface area contributed by atoms with Crippen molar-refractivity contribution in [3.8, 4) is 34.4 Å². The van der Waals surface area contributed by atoms with Gasteiger partial charge < -0.3 is 9.26 Å². The molecule has 5 nitrogen and oxygen atoms in total. The van der Waals surface area contributed by atoms with Gasteiger partial charge in [0.15, 0.2) is 0 Å². The molecule has 4 aromatic rings. The average Bonchev–Trinajstić information content (AvgIpc) is 3.46.